The second-order valence-corrected chi connectivity index (χ2v) is 4.84. The molecule has 1 heterocycles. The average Bonchev–Trinajstić information content (AvgIpc) is 2.94. The number of halogens is 7. The van der Waals surface area contributed by atoms with E-state index < -0.39 is 46.2 Å². The van der Waals surface area contributed by atoms with Gasteiger partial charge in [-0.1, -0.05) is 0 Å². The van der Waals surface area contributed by atoms with Gasteiger partial charge < -0.3 is 9.31 Å². The molecule has 2 aromatic carbocycles. The third kappa shape index (κ3) is 2.76. The van der Waals surface area contributed by atoms with E-state index in [1.54, 1.807) is 0 Å². The molecule has 2 aromatic rings. The summed E-state index contributed by atoms with van der Waals surface area (Å²) in [7, 11) is 0.758. The van der Waals surface area contributed by atoms with Crippen LogP contribution >= 0.6 is 0 Å². The Morgan fingerprint density at radius 1 is 0.792 bits per heavy atom. The van der Waals surface area contributed by atoms with Crippen LogP contribution < -0.4 is 9.31 Å². The molecule has 1 aliphatic rings. The Kier molecular flexibility index (Phi) is 3.65. The number of hydrogen-bond donors (Lipinski definition) is 0. The Morgan fingerprint density at radius 2 is 1.50 bits per heavy atom. The van der Waals surface area contributed by atoms with E-state index in [0.717, 1.165) is 19.8 Å². The lowest BCUT2D eigenvalue weighted by atomic mass is 9.95. The smallest absolute Gasteiger partial charge is 0.524 e. The van der Waals surface area contributed by atoms with Gasteiger partial charge in [0.15, 0.2) is 11.6 Å². The molecule has 0 spiro atoms. The maximum Gasteiger partial charge on any atom is 0.658 e. The lowest BCUT2D eigenvalue weighted by Gasteiger charge is -2.17. The Hall–Kier alpha value is -2.39. The molecule has 0 aliphatic carbocycles. The van der Waals surface area contributed by atoms with E-state index in [0.29, 0.717) is 6.07 Å². The van der Waals surface area contributed by atoms with Crippen LogP contribution in [0.15, 0.2) is 30.3 Å². The Labute approximate surface area is 131 Å². The fourth-order valence-electron chi connectivity index (χ4n) is 2.26. The van der Waals surface area contributed by atoms with E-state index in [2.05, 4.69) is 4.65 Å². The Balaban J connectivity index is 2.26. The van der Waals surface area contributed by atoms with Crippen molar-refractivity contribution in [3.63, 3.8) is 0 Å². The number of alkyl halides is 6. The fraction of sp³-hybridized carbons (Fsp3) is 0.143. The maximum absolute atomic E-state index is 14.4. The third-order valence-electron chi connectivity index (χ3n) is 3.34. The van der Waals surface area contributed by atoms with Crippen molar-refractivity contribution in [2.75, 3.05) is 0 Å². The summed E-state index contributed by atoms with van der Waals surface area (Å²) in [6, 6.07) is 2.84. The molecule has 0 aromatic heterocycles. The first-order valence-electron chi connectivity index (χ1n) is 6.35. The van der Waals surface area contributed by atoms with Crippen molar-refractivity contribution in [3.05, 3.63) is 47.3 Å². The summed E-state index contributed by atoms with van der Waals surface area (Å²) < 4.78 is 102. The van der Waals surface area contributed by atoms with Crippen LogP contribution in [0.4, 0.5) is 30.7 Å². The highest BCUT2D eigenvalue weighted by Crippen LogP contribution is 2.45. The number of hydrogen-bond acceptors (Lipinski definition) is 2. The summed E-state index contributed by atoms with van der Waals surface area (Å²) in [5, 5.41) is 0. The zero-order valence-electron chi connectivity index (χ0n) is 11.4. The molecule has 0 unspecified atom stereocenters. The van der Waals surface area contributed by atoms with Gasteiger partial charge in [0.2, 0.25) is 0 Å². The molecule has 0 N–H and O–H groups in total. The van der Waals surface area contributed by atoms with Crippen LogP contribution in [0.3, 0.4) is 0 Å². The van der Waals surface area contributed by atoms with E-state index in [1.165, 1.54) is 0 Å². The minimum Gasteiger partial charge on any atom is -0.524 e. The van der Waals surface area contributed by atoms with Gasteiger partial charge in [0.25, 0.3) is 0 Å². The van der Waals surface area contributed by atoms with Crippen molar-refractivity contribution in [2.45, 2.75) is 12.4 Å². The standard InChI is InChI=1S/C14H5BF7O2/c16-11-7(2-4-10-12(11)24-15-23-10)8-5-6(13(17,18)19)1-3-9(8)14(20,21)22/h1-5H. The van der Waals surface area contributed by atoms with Crippen molar-refractivity contribution in [3.8, 4) is 22.6 Å². The Bertz CT molecular complexity index is 799. The minimum atomic E-state index is -4.96. The summed E-state index contributed by atoms with van der Waals surface area (Å²) >= 11 is 0. The van der Waals surface area contributed by atoms with Crippen LogP contribution in [0.5, 0.6) is 11.5 Å². The van der Waals surface area contributed by atoms with Crippen LogP contribution in [0.25, 0.3) is 11.1 Å². The molecule has 2 nitrogen and oxygen atoms in total. The van der Waals surface area contributed by atoms with Crippen molar-refractivity contribution in [2.24, 2.45) is 0 Å². The first-order valence-corrected chi connectivity index (χ1v) is 6.35. The molecule has 24 heavy (non-hydrogen) atoms. The van der Waals surface area contributed by atoms with Gasteiger partial charge in [-0.3, -0.25) is 0 Å². The second kappa shape index (κ2) is 5.32. The zero-order chi connectivity index (χ0) is 17.7. The summed E-state index contributed by atoms with van der Waals surface area (Å²) in [5.41, 5.74) is -4.33. The summed E-state index contributed by atoms with van der Waals surface area (Å²) in [5.74, 6) is -1.82. The quantitative estimate of drug-likeness (QED) is 0.542. The topological polar surface area (TPSA) is 18.5 Å². The van der Waals surface area contributed by atoms with Crippen LogP contribution in [0.2, 0.25) is 0 Å². The van der Waals surface area contributed by atoms with E-state index in [1.807, 2.05) is 0 Å². The first kappa shape index (κ1) is 16.5. The number of benzene rings is 2. The monoisotopic (exact) mass is 349 g/mol. The normalized spacial score (nSPS) is 13.8. The SMILES string of the molecule is Fc1c(-c2cc(C(F)(F)F)ccc2C(F)(F)F)ccc2c1O[B]O2. The van der Waals surface area contributed by atoms with Gasteiger partial charge in [0.05, 0.1) is 11.1 Å². The van der Waals surface area contributed by atoms with E-state index in [-0.39, 0.29) is 17.9 Å². The van der Waals surface area contributed by atoms with Gasteiger partial charge in [-0.15, -0.1) is 0 Å². The second-order valence-electron chi connectivity index (χ2n) is 4.84. The van der Waals surface area contributed by atoms with E-state index >= 15 is 0 Å². The molecular formula is C14H5BF7O2. The largest absolute Gasteiger partial charge is 0.658 e. The maximum atomic E-state index is 14.4. The molecule has 0 saturated heterocycles. The van der Waals surface area contributed by atoms with Crippen molar-refractivity contribution < 1.29 is 40.0 Å². The average molecular weight is 349 g/mol. The van der Waals surface area contributed by atoms with Gasteiger partial charge in [0, 0.05) is 5.56 Å². The molecule has 0 bridgehead atoms. The lowest BCUT2D eigenvalue weighted by Crippen LogP contribution is -2.11. The summed E-state index contributed by atoms with van der Waals surface area (Å²) in [4.78, 5) is 0. The first-order chi connectivity index (χ1) is 11.1. The molecule has 1 aliphatic heterocycles. The predicted molar refractivity (Wildman–Crippen MR) is 68.9 cm³/mol. The molecule has 1 radical (unpaired) electrons. The van der Waals surface area contributed by atoms with Gasteiger partial charge >= 0.3 is 20.0 Å². The molecule has 0 atom stereocenters. The molecule has 0 amide bonds. The summed E-state index contributed by atoms with van der Waals surface area (Å²) in [6.07, 6.45) is -9.84. The van der Waals surface area contributed by atoms with Gasteiger partial charge in [-0.25, -0.2) is 4.39 Å². The van der Waals surface area contributed by atoms with Gasteiger partial charge in [-0.05, 0) is 35.9 Å². The summed E-state index contributed by atoms with van der Waals surface area (Å²) in [6.45, 7) is 0. The lowest BCUT2D eigenvalue weighted by molar-refractivity contribution is -0.141. The molecule has 10 heteroatoms. The number of fused-ring (bicyclic) bond motifs is 1. The van der Waals surface area contributed by atoms with Crippen LogP contribution in [-0.2, 0) is 12.4 Å². The van der Waals surface area contributed by atoms with E-state index in [9.17, 15) is 30.7 Å². The molecule has 0 saturated carbocycles. The molecule has 125 valence electrons. The van der Waals surface area contributed by atoms with E-state index in [4.69, 9.17) is 4.65 Å². The number of rotatable bonds is 1. The van der Waals surface area contributed by atoms with Crippen LogP contribution in [0, 0.1) is 5.82 Å². The fourth-order valence-corrected chi connectivity index (χ4v) is 2.26. The molecule has 0 fully saturated rings. The zero-order valence-corrected chi connectivity index (χ0v) is 11.4. The highest BCUT2D eigenvalue weighted by Gasteiger charge is 2.38. The van der Waals surface area contributed by atoms with Crippen LogP contribution in [0.1, 0.15) is 11.1 Å². The van der Waals surface area contributed by atoms with Gasteiger partial charge in [0.1, 0.15) is 5.75 Å². The van der Waals surface area contributed by atoms with Gasteiger partial charge in [-0.2, -0.15) is 26.3 Å². The molecule has 3 rings (SSSR count). The highest BCUT2D eigenvalue weighted by atomic mass is 19.4. The minimum absolute atomic E-state index is 0.0863. The van der Waals surface area contributed by atoms with Crippen molar-refractivity contribution in [1.82, 2.24) is 0 Å². The third-order valence-corrected chi connectivity index (χ3v) is 3.34. The van der Waals surface area contributed by atoms with Crippen LogP contribution in [-0.4, -0.2) is 7.69 Å². The van der Waals surface area contributed by atoms with Crippen molar-refractivity contribution in [1.29, 1.82) is 0 Å². The molecular weight excluding hydrogens is 344 g/mol. The predicted octanol–water partition coefficient (Wildman–Crippen LogP) is 4.84. The van der Waals surface area contributed by atoms with Crippen molar-refractivity contribution >= 4 is 7.69 Å². The highest BCUT2D eigenvalue weighted by molar-refractivity contribution is 6.23. The Morgan fingerprint density at radius 3 is 2.12 bits per heavy atom.